The fourth-order valence-corrected chi connectivity index (χ4v) is 1.34. The summed E-state index contributed by atoms with van der Waals surface area (Å²) in [5.41, 5.74) is 0. The number of thiocarbonyl (C=S) groups is 1. The van der Waals surface area contributed by atoms with Crippen molar-refractivity contribution in [1.29, 1.82) is 0 Å². The first-order valence-electron chi connectivity index (χ1n) is 3.32. The maximum absolute atomic E-state index is 5.09. The second-order valence-electron chi connectivity index (χ2n) is 2.48. The van der Waals surface area contributed by atoms with E-state index in [0.29, 0.717) is 11.2 Å². The van der Waals surface area contributed by atoms with Gasteiger partial charge in [-0.2, -0.15) is 0 Å². The van der Waals surface area contributed by atoms with E-state index in [0.717, 1.165) is 6.42 Å². The van der Waals surface area contributed by atoms with Crippen molar-refractivity contribution in [3.63, 3.8) is 0 Å². The molecule has 0 saturated carbocycles. The van der Waals surface area contributed by atoms with Crippen LogP contribution >= 0.6 is 12.2 Å². The van der Waals surface area contributed by atoms with Gasteiger partial charge in [-0.15, -0.1) is 0 Å². The Morgan fingerprint density at radius 3 is 2.80 bits per heavy atom. The van der Waals surface area contributed by atoms with Gasteiger partial charge in [-0.1, -0.05) is 0 Å². The lowest BCUT2D eigenvalue weighted by molar-refractivity contribution is 0.0691. The van der Waals surface area contributed by atoms with Crippen molar-refractivity contribution in [2.45, 2.75) is 25.6 Å². The summed E-state index contributed by atoms with van der Waals surface area (Å²) < 4.78 is 5.09. The lowest BCUT2D eigenvalue weighted by Crippen LogP contribution is -2.53. The Hall–Kier alpha value is -0.350. The summed E-state index contributed by atoms with van der Waals surface area (Å²) in [6.45, 7) is 2.08. The Balaban J connectivity index is 2.42. The van der Waals surface area contributed by atoms with E-state index in [9.17, 15) is 0 Å². The van der Waals surface area contributed by atoms with Crippen LogP contribution < -0.4 is 10.6 Å². The molecule has 0 aromatic heterocycles. The topological polar surface area (TPSA) is 33.3 Å². The second kappa shape index (κ2) is 3.16. The molecule has 1 aliphatic heterocycles. The molecule has 0 amide bonds. The predicted molar refractivity (Wildman–Crippen MR) is 43.7 cm³/mol. The monoisotopic (exact) mass is 160 g/mol. The maximum atomic E-state index is 5.09. The van der Waals surface area contributed by atoms with Crippen LogP contribution in [0.4, 0.5) is 0 Å². The van der Waals surface area contributed by atoms with Gasteiger partial charge in [0.25, 0.3) is 0 Å². The van der Waals surface area contributed by atoms with Crippen LogP contribution in [0, 0.1) is 0 Å². The van der Waals surface area contributed by atoms with Crippen molar-refractivity contribution in [1.82, 2.24) is 10.6 Å². The van der Waals surface area contributed by atoms with Crippen molar-refractivity contribution in [3.8, 4) is 0 Å². The van der Waals surface area contributed by atoms with Crippen LogP contribution in [-0.4, -0.2) is 24.5 Å². The third-order valence-electron chi connectivity index (χ3n) is 1.52. The molecule has 10 heavy (non-hydrogen) atoms. The van der Waals surface area contributed by atoms with Crippen LogP contribution in [0.1, 0.15) is 13.3 Å². The van der Waals surface area contributed by atoms with Crippen molar-refractivity contribution < 1.29 is 4.74 Å². The highest BCUT2D eigenvalue weighted by Gasteiger charge is 2.19. The number of rotatable bonds is 1. The molecule has 3 nitrogen and oxygen atoms in total. The third-order valence-corrected chi connectivity index (χ3v) is 1.76. The minimum Gasteiger partial charge on any atom is -0.362 e. The first-order valence-corrected chi connectivity index (χ1v) is 3.73. The third kappa shape index (κ3) is 1.82. The summed E-state index contributed by atoms with van der Waals surface area (Å²) in [6, 6.07) is 0.415. The summed E-state index contributed by atoms with van der Waals surface area (Å²) in [5.74, 6) is 0. The van der Waals surface area contributed by atoms with E-state index in [1.54, 1.807) is 7.11 Å². The summed E-state index contributed by atoms with van der Waals surface area (Å²) in [4.78, 5) is 0. The molecule has 4 heteroatoms. The average molecular weight is 160 g/mol. The van der Waals surface area contributed by atoms with E-state index in [2.05, 4.69) is 17.6 Å². The van der Waals surface area contributed by atoms with Crippen LogP contribution in [0.25, 0.3) is 0 Å². The molecule has 1 aliphatic rings. The molecule has 0 aliphatic carbocycles. The van der Waals surface area contributed by atoms with Gasteiger partial charge in [-0.3, -0.25) is 0 Å². The Morgan fingerprint density at radius 1 is 1.60 bits per heavy atom. The molecule has 1 saturated heterocycles. The van der Waals surface area contributed by atoms with E-state index in [-0.39, 0.29) is 6.23 Å². The zero-order valence-corrected chi connectivity index (χ0v) is 6.99. The Morgan fingerprint density at radius 2 is 2.30 bits per heavy atom. The largest absolute Gasteiger partial charge is 0.362 e. The van der Waals surface area contributed by atoms with Gasteiger partial charge in [0.15, 0.2) is 5.11 Å². The van der Waals surface area contributed by atoms with Gasteiger partial charge in [-0.05, 0) is 19.1 Å². The normalized spacial score (nSPS) is 32.8. The standard InChI is InChI=1S/C6H12N2OS/c1-4-3-5(9-2)8-6(10)7-4/h4-5H,3H2,1-2H3,(H2,7,8,10)/t4-,5-/m0/s1. The molecule has 2 N–H and O–H groups in total. The van der Waals surface area contributed by atoms with Crippen molar-refractivity contribution in [3.05, 3.63) is 0 Å². The first-order chi connectivity index (χ1) is 4.72. The fourth-order valence-electron chi connectivity index (χ4n) is 1.01. The summed E-state index contributed by atoms with van der Waals surface area (Å²) >= 11 is 4.92. The van der Waals surface area contributed by atoms with E-state index in [1.807, 2.05) is 0 Å². The Labute approximate surface area is 66.1 Å². The van der Waals surface area contributed by atoms with Gasteiger partial charge in [0, 0.05) is 19.6 Å². The second-order valence-corrected chi connectivity index (χ2v) is 2.89. The van der Waals surface area contributed by atoms with Gasteiger partial charge in [0.2, 0.25) is 0 Å². The lowest BCUT2D eigenvalue weighted by atomic mass is 10.2. The molecule has 0 bridgehead atoms. The molecule has 1 rings (SSSR count). The average Bonchev–Trinajstić information content (AvgIpc) is 1.85. The van der Waals surface area contributed by atoms with E-state index < -0.39 is 0 Å². The van der Waals surface area contributed by atoms with Crippen LogP contribution in [-0.2, 0) is 4.74 Å². The smallest absolute Gasteiger partial charge is 0.168 e. The maximum Gasteiger partial charge on any atom is 0.168 e. The molecular formula is C6H12N2OS. The van der Waals surface area contributed by atoms with E-state index >= 15 is 0 Å². The highest BCUT2D eigenvalue weighted by atomic mass is 32.1. The number of hydrogen-bond donors (Lipinski definition) is 2. The van der Waals surface area contributed by atoms with Gasteiger partial charge < -0.3 is 15.4 Å². The molecule has 1 fully saturated rings. The minimum atomic E-state index is 0.0868. The van der Waals surface area contributed by atoms with E-state index in [4.69, 9.17) is 17.0 Å². The van der Waals surface area contributed by atoms with Crippen molar-refractivity contribution in [2.24, 2.45) is 0 Å². The van der Waals surface area contributed by atoms with Crippen LogP contribution in [0.15, 0.2) is 0 Å². The zero-order chi connectivity index (χ0) is 7.56. The van der Waals surface area contributed by atoms with Crippen LogP contribution in [0.3, 0.4) is 0 Å². The molecule has 58 valence electrons. The van der Waals surface area contributed by atoms with Crippen molar-refractivity contribution in [2.75, 3.05) is 7.11 Å². The SMILES string of the molecule is CO[C@H]1C[C@H](C)NC(=S)N1. The quantitative estimate of drug-likeness (QED) is 0.537. The molecule has 2 atom stereocenters. The number of ether oxygens (including phenoxy) is 1. The fraction of sp³-hybridized carbons (Fsp3) is 0.833. The van der Waals surface area contributed by atoms with E-state index in [1.165, 1.54) is 0 Å². The number of methoxy groups -OCH3 is 1. The van der Waals surface area contributed by atoms with Crippen molar-refractivity contribution >= 4 is 17.3 Å². The first kappa shape index (κ1) is 7.75. The molecule has 0 aromatic rings. The van der Waals surface area contributed by atoms with Crippen LogP contribution in [0.5, 0.6) is 0 Å². The molecule has 0 unspecified atom stereocenters. The minimum absolute atomic E-state index is 0.0868. The predicted octanol–water partition coefficient (Wildman–Crippen LogP) is 0.215. The van der Waals surface area contributed by atoms with Gasteiger partial charge in [-0.25, -0.2) is 0 Å². The molecule has 0 aromatic carbocycles. The molecule has 0 radical (unpaired) electrons. The number of nitrogens with one attached hydrogen (secondary N) is 2. The molecule has 1 heterocycles. The zero-order valence-electron chi connectivity index (χ0n) is 6.18. The van der Waals surface area contributed by atoms with Crippen LogP contribution in [0.2, 0.25) is 0 Å². The lowest BCUT2D eigenvalue weighted by Gasteiger charge is -2.29. The number of hydrogen-bond acceptors (Lipinski definition) is 2. The Bertz CT molecular complexity index is 140. The summed E-state index contributed by atoms with van der Waals surface area (Å²) in [6.07, 6.45) is 1.04. The summed E-state index contributed by atoms with van der Waals surface area (Å²) in [5, 5.41) is 6.76. The molecular weight excluding hydrogens is 148 g/mol. The van der Waals surface area contributed by atoms with Gasteiger partial charge >= 0.3 is 0 Å². The Kier molecular flexibility index (Phi) is 2.45. The highest BCUT2D eigenvalue weighted by molar-refractivity contribution is 7.80. The molecule has 0 spiro atoms. The van der Waals surface area contributed by atoms with Gasteiger partial charge in [0.1, 0.15) is 6.23 Å². The summed E-state index contributed by atoms with van der Waals surface area (Å²) in [7, 11) is 1.68. The highest BCUT2D eigenvalue weighted by Crippen LogP contribution is 2.03. The van der Waals surface area contributed by atoms with Gasteiger partial charge in [0.05, 0.1) is 0 Å².